The normalized spacial score (nSPS) is 29.5. The minimum absolute atomic E-state index is 0.198. The van der Waals surface area contributed by atoms with Crippen LogP contribution in [0, 0.1) is 5.92 Å². The van der Waals surface area contributed by atoms with Crippen LogP contribution in [-0.2, 0) is 4.79 Å². The van der Waals surface area contributed by atoms with Crippen LogP contribution < -0.4 is 10.6 Å². The van der Waals surface area contributed by atoms with E-state index in [2.05, 4.69) is 10.6 Å². The molecule has 0 radical (unpaired) electrons. The zero-order chi connectivity index (χ0) is 9.10. The first-order valence-electron chi connectivity index (χ1n) is 5.34. The third kappa shape index (κ3) is 2.44. The standard InChI is InChI=1S/C10H18N2O/c13-10-5-9(7-12-10)11-6-8-3-1-2-4-8/h8-9,11H,1-7H2,(H,12,13). The molecule has 0 aromatic rings. The minimum atomic E-state index is 0.198. The molecule has 1 saturated carbocycles. The molecule has 13 heavy (non-hydrogen) atoms. The Bertz CT molecular complexity index is 187. The van der Waals surface area contributed by atoms with Gasteiger partial charge in [-0.2, -0.15) is 0 Å². The predicted octanol–water partition coefficient (Wildman–Crippen LogP) is 0.655. The van der Waals surface area contributed by atoms with E-state index in [9.17, 15) is 4.79 Å². The van der Waals surface area contributed by atoms with Gasteiger partial charge in [0.15, 0.2) is 0 Å². The SMILES string of the molecule is O=C1CC(NCC2CCCC2)CN1. The molecule has 1 aliphatic carbocycles. The summed E-state index contributed by atoms with van der Waals surface area (Å²) in [6.45, 7) is 1.94. The molecule has 0 aromatic carbocycles. The van der Waals surface area contributed by atoms with Crippen LogP contribution in [0.2, 0.25) is 0 Å². The van der Waals surface area contributed by atoms with Crippen LogP contribution in [0.4, 0.5) is 0 Å². The average molecular weight is 182 g/mol. The quantitative estimate of drug-likeness (QED) is 0.673. The molecule has 0 spiro atoms. The number of nitrogens with one attached hydrogen (secondary N) is 2. The van der Waals surface area contributed by atoms with E-state index in [0.29, 0.717) is 12.5 Å². The lowest BCUT2D eigenvalue weighted by Crippen LogP contribution is -2.34. The van der Waals surface area contributed by atoms with E-state index in [-0.39, 0.29) is 5.91 Å². The summed E-state index contributed by atoms with van der Waals surface area (Å²) in [5, 5.41) is 6.31. The highest BCUT2D eigenvalue weighted by Gasteiger charge is 2.22. The summed E-state index contributed by atoms with van der Waals surface area (Å²) >= 11 is 0. The molecular weight excluding hydrogens is 164 g/mol. The van der Waals surface area contributed by atoms with Crippen LogP contribution in [0.1, 0.15) is 32.1 Å². The fourth-order valence-corrected chi connectivity index (χ4v) is 2.30. The van der Waals surface area contributed by atoms with Gasteiger partial charge in [0, 0.05) is 19.0 Å². The van der Waals surface area contributed by atoms with Crippen molar-refractivity contribution in [3.05, 3.63) is 0 Å². The molecule has 2 N–H and O–H groups in total. The third-order valence-corrected chi connectivity index (χ3v) is 3.15. The van der Waals surface area contributed by atoms with Gasteiger partial charge in [-0.1, -0.05) is 12.8 Å². The Morgan fingerprint density at radius 1 is 1.38 bits per heavy atom. The Kier molecular flexibility index (Phi) is 2.83. The van der Waals surface area contributed by atoms with Crippen molar-refractivity contribution in [1.29, 1.82) is 0 Å². The summed E-state index contributed by atoms with van der Waals surface area (Å²) in [5.41, 5.74) is 0. The van der Waals surface area contributed by atoms with Crippen molar-refractivity contribution in [2.24, 2.45) is 5.92 Å². The molecule has 1 aliphatic heterocycles. The molecule has 74 valence electrons. The second kappa shape index (κ2) is 4.09. The Morgan fingerprint density at radius 3 is 2.77 bits per heavy atom. The molecule has 0 bridgehead atoms. The van der Waals surface area contributed by atoms with Crippen LogP contribution in [-0.4, -0.2) is 25.0 Å². The second-order valence-corrected chi connectivity index (χ2v) is 4.26. The van der Waals surface area contributed by atoms with E-state index in [1.165, 1.54) is 25.7 Å². The van der Waals surface area contributed by atoms with Crippen LogP contribution in [0.3, 0.4) is 0 Å². The lowest BCUT2D eigenvalue weighted by atomic mass is 10.1. The van der Waals surface area contributed by atoms with Gasteiger partial charge in [-0.25, -0.2) is 0 Å². The molecule has 2 fully saturated rings. The smallest absolute Gasteiger partial charge is 0.221 e. The van der Waals surface area contributed by atoms with Gasteiger partial charge < -0.3 is 10.6 Å². The number of carbonyl (C=O) groups is 1. The molecule has 1 heterocycles. The van der Waals surface area contributed by atoms with Crippen LogP contribution in [0.15, 0.2) is 0 Å². The first-order valence-corrected chi connectivity index (χ1v) is 5.34. The van der Waals surface area contributed by atoms with Crippen molar-refractivity contribution in [2.45, 2.75) is 38.1 Å². The molecule has 2 aliphatic rings. The maximum absolute atomic E-state index is 10.9. The molecular formula is C10H18N2O. The summed E-state index contributed by atoms with van der Waals surface area (Å²) in [4.78, 5) is 10.9. The highest BCUT2D eigenvalue weighted by molar-refractivity contribution is 5.78. The van der Waals surface area contributed by atoms with Crippen molar-refractivity contribution < 1.29 is 4.79 Å². The van der Waals surface area contributed by atoms with Crippen molar-refractivity contribution in [3.8, 4) is 0 Å². The third-order valence-electron chi connectivity index (χ3n) is 3.15. The zero-order valence-corrected chi connectivity index (χ0v) is 8.01. The number of hydrogen-bond donors (Lipinski definition) is 2. The fraction of sp³-hybridized carbons (Fsp3) is 0.900. The summed E-state index contributed by atoms with van der Waals surface area (Å²) in [5.74, 6) is 1.07. The van der Waals surface area contributed by atoms with Crippen LogP contribution in [0.25, 0.3) is 0 Å². The Hall–Kier alpha value is -0.570. The molecule has 3 nitrogen and oxygen atoms in total. The van der Waals surface area contributed by atoms with E-state index < -0.39 is 0 Å². The highest BCUT2D eigenvalue weighted by atomic mass is 16.1. The number of rotatable bonds is 3. The lowest BCUT2D eigenvalue weighted by molar-refractivity contribution is -0.119. The van der Waals surface area contributed by atoms with E-state index >= 15 is 0 Å². The second-order valence-electron chi connectivity index (χ2n) is 4.26. The van der Waals surface area contributed by atoms with Gasteiger partial charge in [0.05, 0.1) is 0 Å². The molecule has 1 saturated heterocycles. The Morgan fingerprint density at radius 2 is 2.15 bits per heavy atom. The number of amides is 1. The summed E-state index contributed by atoms with van der Waals surface area (Å²) in [7, 11) is 0. The topological polar surface area (TPSA) is 41.1 Å². The maximum atomic E-state index is 10.9. The molecule has 0 aromatic heterocycles. The van der Waals surface area contributed by atoms with Crippen molar-refractivity contribution in [3.63, 3.8) is 0 Å². The van der Waals surface area contributed by atoms with Crippen molar-refractivity contribution in [2.75, 3.05) is 13.1 Å². The average Bonchev–Trinajstić information content (AvgIpc) is 2.71. The molecule has 1 atom stereocenters. The largest absolute Gasteiger partial charge is 0.354 e. The first kappa shape index (κ1) is 9.00. The summed E-state index contributed by atoms with van der Waals surface area (Å²) in [6.07, 6.45) is 6.22. The molecule has 1 unspecified atom stereocenters. The summed E-state index contributed by atoms with van der Waals surface area (Å²) < 4.78 is 0. The summed E-state index contributed by atoms with van der Waals surface area (Å²) in [6, 6.07) is 0.396. The van der Waals surface area contributed by atoms with E-state index in [4.69, 9.17) is 0 Å². The lowest BCUT2D eigenvalue weighted by Gasteiger charge is -2.14. The van der Waals surface area contributed by atoms with Gasteiger partial charge >= 0.3 is 0 Å². The van der Waals surface area contributed by atoms with E-state index in [0.717, 1.165) is 19.0 Å². The van der Waals surface area contributed by atoms with Gasteiger partial charge in [-0.15, -0.1) is 0 Å². The van der Waals surface area contributed by atoms with E-state index in [1.54, 1.807) is 0 Å². The van der Waals surface area contributed by atoms with E-state index in [1.807, 2.05) is 0 Å². The monoisotopic (exact) mass is 182 g/mol. The van der Waals surface area contributed by atoms with Crippen molar-refractivity contribution in [1.82, 2.24) is 10.6 Å². The maximum Gasteiger partial charge on any atom is 0.221 e. The van der Waals surface area contributed by atoms with Gasteiger partial charge in [-0.05, 0) is 25.3 Å². The van der Waals surface area contributed by atoms with Crippen LogP contribution >= 0.6 is 0 Å². The zero-order valence-electron chi connectivity index (χ0n) is 8.01. The highest BCUT2D eigenvalue weighted by Crippen LogP contribution is 2.23. The molecule has 1 amide bonds. The number of hydrogen-bond acceptors (Lipinski definition) is 2. The van der Waals surface area contributed by atoms with Crippen LogP contribution in [0.5, 0.6) is 0 Å². The van der Waals surface area contributed by atoms with Gasteiger partial charge in [-0.3, -0.25) is 4.79 Å². The van der Waals surface area contributed by atoms with Gasteiger partial charge in [0.25, 0.3) is 0 Å². The minimum Gasteiger partial charge on any atom is -0.354 e. The molecule has 2 rings (SSSR count). The van der Waals surface area contributed by atoms with Gasteiger partial charge in [0.1, 0.15) is 0 Å². The Balaban J connectivity index is 1.64. The number of carbonyl (C=O) groups excluding carboxylic acids is 1. The fourth-order valence-electron chi connectivity index (χ4n) is 2.30. The van der Waals surface area contributed by atoms with Gasteiger partial charge in [0.2, 0.25) is 5.91 Å². The van der Waals surface area contributed by atoms with Crippen molar-refractivity contribution >= 4 is 5.91 Å². The first-order chi connectivity index (χ1) is 6.34. The predicted molar refractivity (Wildman–Crippen MR) is 51.4 cm³/mol. The Labute approximate surface area is 79.3 Å². The molecule has 3 heteroatoms.